The Labute approximate surface area is 175 Å². The van der Waals surface area contributed by atoms with Gasteiger partial charge in [-0.2, -0.15) is 0 Å². The summed E-state index contributed by atoms with van der Waals surface area (Å²) in [6.45, 7) is 0. The maximum absolute atomic E-state index is 6.30. The van der Waals surface area contributed by atoms with Gasteiger partial charge in [-0.25, -0.2) is 0 Å². The summed E-state index contributed by atoms with van der Waals surface area (Å²) in [6, 6.07) is 37.9. The van der Waals surface area contributed by atoms with E-state index in [-0.39, 0.29) is 0 Å². The van der Waals surface area contributed by atoms with E-state index in [2.05, 4.69) is 90.2 Å². The molecule has 0 saturated heterocycles. The zero-order chi connectivity index (χ0) is 19.9. The van der Waals surface area contributed by atoms with E-state index in [4.69, 9.17) is 4.74 Å². The Bertz CT molecular complexity index is 1370. The molecule has 0 aliphatic carbocycles. The minimum Gasteiger partial charge on any atom is -0.456 e. The summed E-state index contributed by atoms with van der Waals surface area (Å²) in [7, 11) is 0. The molecule has 1 N–H and O–H groups in total. The van der Waals surface area contributed by atoms with E-state index in [9.17, 15) is 0 Å². The van der Waals surface area contributed by atoms with Gasteiger partial charge in [0, 0.05) is 22.3 Å². The van der Waals surface area contributed by atoms with Crippen LogP contribution in [0.15, 0.2) is 109 Å². The number of fused-ring (bicyclic) bond motifs is 2. The fourth-order valence-corrected chi connectivity index (χ4v) is 4.18. The van der Waals surface area contributed by atoms with E-state index in [0.717, 1.165) is 39.6 Å². The third kappa shape index (κ3) is 2.82. The van der Waals surface area contributed by atoms with Crippen molar-refractivity contribution in [1.82, 2.24) is 0 Å². The van der Waals surface area contributed by atoms with Crippen molar-refractivity contribution in [2.75, 3.05) is 5.32 Å². The van der Waals surface area contributed by atoms with Crippen LogP contribution in [0, 0.1) is 0 Å². The second kappa shape index (κ2) is 6.78. The van der Waals surface area contributed by atoms with Gasteiger partial charge in [0.2, 0.25) is 0 Å². The first-order valence-corrected chi connectivity index (χ1v) is 10.1. The Morgan fingerprint density at radius 1 is 0.500 bits per heavy atom. The number of benzene rings is 5. The van der Waals surface area contributed by atoms with E-state index < -0.39 is 0 Å². The summed E-state index contributed by atoms with van der Waals surface area (Å²) in [5.41, 5.74) is 6.84. The number of anilines is 2. The third-order valence-corrected chi connectivity index (χ3v) is 5.64. The standard InChI is InChI=1S/C28H19NO/c1-2-8-22(9-3-1)29-23-15-12-19(13-16-23)21-14-17-24-25-10-4-6-20-7-5-11-26(28(20)25)30-27(24)18-21/h1-18,29H. The van der Waals surface area contributed by atoms with Gasteiger partial charge < -0.3 is 10.1 Å². The maximum Gasteiger partial charge on any atom is 0.135 e. The molecular formula is C28H19NO. The number of hydrogen-bond donors (Lipinski definition) is 1. The lowest BCUT2D eigenvalue weighted by molar-refractivity contribution is 0.487. The van der Waals surface area contributed by atoms with Crippen molar-refractivity contribution in [3.05, 3.63) is 109 Å². The van der Waals surface area contributed by atoms with Crippen LogP contribution in [-0.4, -0.2) is 0 Å². The van der Waals surface area contributed by atoms with Gasteiger partial charge in [0.25, 0.3) is 0 Å². The average Bonchev–Trinajstić information content (AvgIpc) is 2.80. The minimum atomic E-state index is 0.908. The zero-order valence-electron chi connectivity index (χ0n) is 16.3. The van der Waals surface area contributed by atoms with Crippen molar-refractivity contribution in [3.8, 4) is 33.8 Å². The second-order valence-electron chi connectivity index (χ2n) is 7.54. The molecule has 1 heterocycles. The fourth-order valence-electron chi connectivity index (χ4n) is 4.18. The summed E-state index contributed by atoms with van der Waals surface area (Å²) in [5, 5.41) is 5.83. The lowest BCUT2D eigenvalue weighted by Gasteiger charge is -2.22. The molecular weight excluding hydrogens is 366 g/mol. The molecule has 0 bridgehead atoms. The summed E-state index contributed by atoms with van der Waals surface area (Å²) >= 11 is 0. The topological polar surface area (TPSA) is 21.3 Å². The van der Waals surface area contributed by atoms with E-state index in [1.54, 1.807) is 0 Å². The van der Waals surface area contributed by atoms with E-state index in [1.807, 2.05) is 24.3 Å². The van der Waals surface area contributed by atoms with Crippen LogP contribution >= 0.6 is 0 Å². The van der Waals surface area contributed by atoms with Crippen LogP contribution in [0.25, 0.3) is 33.0 Å². The third-order valence-electron chi connectivity index (χ3n) is 5.64. The number of para-hydroxylation sites is 1. The molecule has 0 saturated carbocycles. The quantitative estimate of drug-likeness (QED) is 0.333. The Morgan fingerprint density at radius 3 is 2.07 bits per heavy atom. The van der Waals surface area contributed by atoms with Crippen LogP contribution < -0.4 is 10.1 Å². The second-order valence-corrected chi connectivity index (χ2v) is 7.54. The summed E-state index contributed by atoms with van der Waals surface area (Å²) in [5.74, 6) is 1.83. The van der Waals surface area contributed by atoms with Gasteiger partial charge in [0.15, 0.2) is 0 Å². The van der Waals surface area contributed by atoms with Crippen LogP contribution in [0.1, 0.15) is 0 Å². The Hall–Kier alpha value is -4.04. The van der Waals surface area contributed by atoms with Gasteiger partial charge >= 0.3 is 0 Å². The molecule has 5 aromatic carbocycles. The molecule has 142 valence electrons. The molecule has 1 aliphatic heterocycles. The van der Waals surface area contributed by atoms with Gasteiger partial charge in [0.05, 0.1) is 0 Å². The van der Waals surface area contributed by atoms with Crippen molar-refractivity contribution >= 4 is 22.1 Å². The highest BCUT2D eigenvalue weighted by Crippen LogP contribution is 2.47. The molecule has 0 fully saturated rings. The van der Waals surface area contributed by atoms with Crippen molar-refractivity contribution in [2.45, 2.75) is 0 Å². The first-order valence-electron chi connectivity index (χ1n) is 10.1. The van der Waals surface area contributed by atoms with Crippen molar-refractivity contribution in [3.63, 3.8) is 0 Å². The molecule has 0 aromatic heterocycles. The largest absolute Gasteiger partial charge is 0.456 e. The zero-order valence-corrected chi connectivity index (χ0v) is 16.3. The van der Waals surface area contributed by atoms with Gasteiger partial charge in [-0.1, -0.05) is 66.7 Å². The Balaban J connectivity index is 1.35. The predicted octanol–water partition coefficient (Wildman–Crippen LogP) is 8.02. The highest BCUT2D eigenvalue weighted by Gasteiger charge is 2.20. The highest BCUT2D eigenvalue weighted by molar-refractivity contribution is 6.04. The minimum absolute atomic E-state index is 0.908. The molecule has 0 spiro atoms. The van der Waals surface area contributed by atoms with Crippen LogP contribution in [0.3, 0.4) is 0 Å². The number of rotatable bonds is 3. The van der Waals surface area contributed by atoms with Crippen molar-refractivity contribution in [1.29, 1.82) is 0 Å². The first kappa shape index (κ1) is 16.9. The highest BCUT2D eigenvalue weighted by atomic mass is 16.5. The monoisotopic (exact) mass is 385 g/mol. The summed E-state index contributed by atoms with van der Waals surface area (Å²) in [6.07, 6.45) is 0. The fraction of sp³-hybridized carbons (Fsp3) is 0. The van der Waals surface area contributed by atoms with Crippen LogP contribution in [0.5, 0.6) is 11.5 Å². The molecule has 30 heavy (non-hydrogen) atoms. The van der Waals surface area contributed by atoms with Gasteiger partial charge in [-0.3, -0.25) is 0 Å². The molecule has 0 atom stereocenters. The van der Waals surface area contributed by atoms with Crippen molar-refractivity contribution in [2.24, 2.45) is 0 Å². The van der Waals surface area contributed by atoms with Crippen molar-refractivity contribution < 1.29 is 4.74 Å². The summed E-state index contributed by atoms with van der Waals surface area (Å²) in [4.78, 5) is 0. The Kier molecular flexibility index (Phi) is 3.82. The Morgan fingerprint density at radius 2 is 1.23 bits per heavy atom. The molecule has 0 amide bonds. The first-order chi connectivity index (χ1) is 14.8. The van der Waals surface area contributed by atoms with Gasteiger partial charge in [-0.15, -0.1) is 0 Å². The lowest BCUT2D eigenvalue weighted by Crippen LogP contribution is -1.97. The molecule has 0 radical (unpaired) electrons. The van der Waals surface area contributed by atoms with E-state index in [0.29, 0.717) is 0 Å². The molecule has 2 heteroatoms. The number of ether oxygens (including phenoxy) is 1. The molecule has 2 nitrogen and oxygen atoms in total. The van der Waals surface area contributed by atoms with Gasteiger partial charge in [0.1, 0.15) is 11.5 Å². The van der Waals surface area contributed by atoms with Crippen LogP contribution in [-0.2, 0) is 0 Å². The van der Waals surface area contributed by atoms with E-state index in [1.165, 1.54) is 16.3 Å². The normalized spacial score (nSPS) is 11.6. The number of nitrogens with one attached hydrogen (secondary N) is 1. The molecule has 5 aromatic rings. The number of hydrogen-bond acceptors (Lipinski definition) is 2. The summed E-state index contributed by atoms with van der Waals surface area (Å²) < 4.78 is 6.30. The SMILES string of the molecule is c1ccc(Nc2ccc(-c3ccc4c(c3)Oc3cccc5cccc-4c35)cc2)cc1. The smallest absolute Gasteiger partial charge is 0.135 e. The molecule has 0 unspecified atom stereocenters. The lowest BCUT2D eigenvalue weighted by atomic mass is 9.93. The van der Waals surface area contributed by atoms with Crippen LogP contribution in [0.2, 0.25) is 0 Å². The van der Waals surface area contributed by atoms with Gasteiger partial charge in [-0.05, 0) is 64.5 Å². The van der Waals surface area contributed by atoms with E-state index >= 15 is 0 Å². The van der Waals surface area contributed by atoms with Crippen LogP contribution in [0.4, 0.5) is 11.4 Å². The average molecular weight is 385 g/mol. The maximum atomic E-state index is 6.30. The molecule has 6 rings (SSSR count). The predicted molar refractivity (Wildman–Crippen MR) is 125 cm³/mol. The molecule has 1 aliphatic rings.